The van der Waals surface area contributed by atoms with Crippen LogP contribution in [0.5, 0.6) is 5.75 Å². The maximum Gasteiger partial charge on any atom is 0.294 e. The summed E-state index contributed by atoms with van der Waals surface area (Å²) in [5.74, 6) is 2.57. The summed E-state index contributed by atoms with van der Waals surface area (Å²) in [4.78, 5) is 25.7. The zero-order valence-corrected chi connectivity index (χ0v) is 17.0. The lowest BCUT2D eigenvalue weighted by atomic mass is 10.1. The standard InChI is InChI=1S/C21H16BrNO3S/c1-3-10-23-20(24)19(27-21(23)25)12-16-11-17(22)8-9-18(16)26-13-15-6-4-14(2)5-7-15/h1,4-9,11-12H,10,13H2,2H3/b19-12+. The molecule has 0 N–H and O–H groups in total. The van der Waals surface area contributed by atoms with Gasteiger partial charge in [-0.3, -0.25) is 14.5 Å². The van der Waals surface area contributed by atoms with Crippen molar-refractivity contribution in [2.75, 3.05) is 6.54 Å². The molecule has 136 valence electrons. The zero-order valence-electron chi connectivity index (χ0n) is 14.6. The predicted octanol–water partition coefficient (Wildman–Crippen LogP) is 5.01. The van der Waals surface area contributed by atoms with Crippen molar-refractivity contribution < 1.29 is 14.3 Å². The number of ether oxygens (including phenoxy) is 1. The van der Waals surface area contributed by atoms with Crippen LogP contribution in [0.15, 0.2) is 51.8 Å². The van der Waals surface area contributed by atoms with Crippen LogP contribution >= 0.6 is 27.7 Å². The van der Waals surface area contributed by atoms with Crippen LogP contribution < -0.4 is 4.74 Å². The number of aryl methyl sites for hydroxylation is 1. The molecule has 0 saturated carbocycles. The molecule has 3 rings (SSSR count). The first-order chi connectivity index (χ1) is 13.0. The highest BCUT2D eigenvalue weighted by atomic mass is 79.9. The number of hydrogen-bond donors (Lipinski definition) is 0. The van der Waals surface area contributed by atoms with Crippen molar-refractivity contribution in [1.29, 1.82) is 0 Å². The third-order valence-corrected chi connectivity index (χ3v) is 5.30. The summed E-state index contributed by atoms with van der Waals surface area (Å²) in [6.45, 7) is 2.41. The molecule has 0 atom stereocenters. The Morgan fingerprint density at radius 1 is 1.22 bits per heavy atom. The van der Waals surface area contributed by atoms with Gasteiger partial charge in [0, 0.05) is 10.0 Å². The van der Waals surface area contributed by atoms with Crippen LogP contribution in [0.3, 0.4) is 0 Å². The highest BCUT2D eigenvalue weighted by molar-refractivity contribution is 9.10. The van der Waals surface area contributed by atoms with E-state index < -0.39 is 0 Å². The number of amides is 2. The Labute approximate surface area is 170 Å². The minimum absolute atomic E-state index is 0.0305. The first-order valence-corrected chi connectivity index (χ1v) is 9.75. The number of imide groups is 1. The molecule has 0 bridgehead atoms. The second-order valence-corrected chi connectivity index (χ2v) is 7.84. The topological polar surface area (TPSA) is 46.6 Å². The summed E-state index contributed by atoms with van der Waals surface area (Å²) in [5.41, 5.74) is 2.94. The number of nitrogens with zero attached hydrogens (tertiary/aromatic N) is 1. The largest absolute Gasteiger partial charge is 0.488 e. The summed E-state index contributed by atoms with van der Waals surface area (Å²) in [6, 6.07) is 13.6. The van der Waals surface area contributed by atoms with Gasteiger partial charge in [-0.05, 0) is 48.5 Å². The van der Waals surface area contributed by atoms with Gasteiger partial charge in [0.2, 0.25) is 0 Å². The molecular weight excluding hydrogens is 426 g/mol. The summed E-state index contributed by atoms with van der Waals surface area (Å²) in [7, 11) is 0. The minimum atomic E-state index is -0.382. The first kappa shape index (κ1) is 19.3. The van der Waals surface area contributed by atoms with E-state index in [1.807, 2.05) is 49.4 Å². The maximum atomic E-state index is 12.4. The molecule has 1 aliphatic rings. The van der Waals surface area contributed by atoms with E-state index in [4.69, 9.17) is 11.2 Å². The van der Waals surface area contributed by atoms with Gasteiger partial charge < -0.3 is 4.74 Å². The normalized spacial score (nSPS) is 15.3. The number of halogens is 1. The van der Waals surface area contributed by atoms with Gasteiger partial charge in [-0.25, -0.2) is 0 Å². The SMILES string of the molecule is C#CCN1C(=O)S/C(=C/c2cc(Br)ccc2OCc2ccc(C)cc2)C1=O. The third kappa shape index (κ3) is 4.62. The van der Waals surface area contributed by atoms with Crippen molar-refractivity contribution in [2.24, 2.45) is 0 Å². The number of carbonyl (C=O) groups excluding carboxylic acids is 2. The van der Waals surface area contributed by atoms with Crippen LogP contribution in [0.4, 0.5) is 4.79 Å². The fourth-order valence-corrected chi connectivity index (χ4v) is 3.69. The molecule has 0 aromatic heterocycles. The summed E-state index contributed by atoms with van der Waals surface area (Å²) < 4.78 is 6.79. The molecular formula is C21H16BrNO3S. The van der Waals surface area contributed by atoms with Gasteiger partial charge in [0.05, 0.1) is 11.4 Å². The number of carbonyl (C=O) groups is 2. The van der Waals surface area contributed by atoms with Gasteiger partial charge in [-0.1, -0.05) is 51.7 Å². The fourth-order valence-electron chi connectivity index (χ4n) is 2.48. The smallest absolute Gasteiger partial charge is 0.294 e. The lowest BCUT2D eigenvalue weighted by Gasteiger charge is -2.11. The van der Waals surface area contributed by atoms with Gasteiger partial charge in [0.15, 0.2) is 0 Å². The number of terminal acetylenes is 1. The summed E-state index contributed by atoms with van der Waals surface area (Å²) >= 11 is 4.31. The molecule has 0 aliphatic carbocycles. The van der Waals surface area contributed by atoms with Crippen molar-refractivity contribution in [3.8, 4) is 18.1 Å². The highest BCUT2D eigenvalue weighted by Gasteiger charge is 2.34. The van der Waals surface area contributed by atoms with E-state index in [0.29, 0.717) is 22.8 Å². The van der Waals surface area contributed by atoms with Crippen LogP contribution in [-0.2, 0) is 11.4 Å². The Balaban J connectivity index is 1.84. The molecule has 4 nitrogen and oxygen atoms in total. The predicted molar refractivity (Wildman–Crippen MR) is 111 cm³/mol. The third-order valence-electron chi connectivity index (χ3n) is 3.90. The second-order valence-electron chi connectivity index (χ2n) is 5.93. The number of benzene rings is 2. The minimum Gasteiger partial charge on any atom is -0.488 e. The van der Waals surface area contributed by atoms with Crippen molar-refractivity contribution >= 4 is 44.9 Å². The molecule has 27 heavy (non-hydrogen) atoms. The molecule has 1 fully saturated rings. The fraction of sp³-hybridized carbons (Fsp3) is 0.143. The van der Waals surface area contributed by atoms with Crippen LogP contribution in [0.2, 0.25) is 0 Å². The molecule has 2 aromatic rings. The first-order valence-electron chi connectivity index (χ1n) is 8.14. The Morgan fingerprint density at radius 2 is 1.96 bits per heavy atom. The molecule has 1 aliphatic heterocycles. The van der Waals surface area contributed by atoms with Crippen LogP contribution in [0, 0.1) is 19.3 Å². The molecule has 0 spiro atoms. The van der Waals surface area contributed by atoms with Crippen molar-refractivity contribution in [3.63, 3.8) is 0 Å². The van der Waals surface area contributed by atoms with E-state index in [1.165, 1.54) is 5.56 Å². The lowest BCUT2D eigenvalue weighted by molar-refractivity contribution is -0.122. The van der Waals surface area contributed by atoms with Gasteiger partial charge in [-0.2, -0.15) is 0 Å². The van der Waals surface area contributed by atoms with E-state index in [-0.39, 0.29) is 17.7 Å². The average molecular weight is 442 g/mol. The van der Waals surface area contributed by atoms with E-state index in [1.54, 1.807) is 6.08 Å². The Bertz CT molecular complexity index is 960. The lowest BCUT2D eigenvalue weighted by Crippen LogP contribution is -2.28. The quantitative estimate of drug-likeness (QED) is 0.483. The van der Waals surface area contributed by atoms with Crippen molar-refractivity contribution in [1.82, 2.24) is 4.90 Å². The number of rotatable bonds is 5. The van der Waals surface area contributed by atoms with Crippen molar-refractivity contribution in [3.05, 3.63) is 68.5 Å². The molecule has 0 unspecified atom stereocenters. The second kappa shape index (κ2) is 8.47. The van der Waals surface area contributed by atoms with Crippen LogP contribution in [0.25, 0.3) is 6.08 Å². The van der Waals surface area contributed by atoms with E-state index in [9.17, 15) is 9.59 Å². The Hall–Kier alpha value is -2.49. The summed E-state index contributed by atoms with van der Waals surface area (Å²) in [6.07, 6.45) is 6.89. The van der Waals surface area contributed by atoms with Gasteiger partial charge in [-0.15, -0.1) is 6.42 Å². The number of hydrogen-bond acceptors (Lipinski definition) is 4. The average Bonchev–Trinajstić information content (AvgIpc) is 2.90. The van der Waals surface area contributed by atoms with E-state index in [0.717, 1.165) is 26.7 Å². The molecule has 2 amide bonds. The van der Waals surface area contributed by atoms with Crippen LogP contribution in [0.1, 0.15) is 16.7 Å². The molecule has 2 aromatic carbocycles. The maximum absolute atomic E-state index is 12.4. The Morgan fingerprint density at radius 3 is 2.67 bits per heavy atom. The molecule has 1 heterocycles. The molecule has 0 radical (unpaired) electrons. The van der Waals surface area contributed by atoms with Gasteiger partial charge in [0.1, 0.15) is 12.4 Å². The zero-order chi connectivity index (χ0) is 19.4. The molecule has 1 saturated heterocycles. The van der Waals surface area contributed by atoms with Gasteiger partial charge >= 0.3 is 0 Å². The summed E-state index contributed by atoms with van der Waals surface area (Å²) in [5, 5.41) is -0.360. The van der Waals surface area contributed by atoms with Crippen molar-refractivity contribution in [2.45, 2.75) is 13.5 Å². The van der Waals surface area contributed by atoms with Gasteiger partial charge in [0.25, 0.3) is 11.1 Å². The van der Waals surface area contributed by atoms with E-state index in [2.05, 4.69) is 21.9 Å². The van der Waals surface area contributed by atoms with E-state index >= 15 is 0 Å². The molecule has 6 heteroatoms. The number of thioether (sulfide) groups is 1. The van der Waals surface area contributed by atoms with Crippen LogP contribution in [-0.4, -0.2) is 22.6 Å². The highest BCUT2D eigenvalue weighted by Crippen LogP contribution is 2.34. The monoisotopic (exact) mass is 441 g/mol. The Kier molecular flexibility index (Phi) is 6.04.